The van der Waals surface area contributed by atoms with Crippen LogP contribution in [0, 0.1) is 11.3 Å². The van der Waals surface area contributed by atoms with Crippen molar-refractivity contribution in [2.75, 3.05) is 13.2 Å². The minimum absolute atomic E-state index is 0.229. The molecule has 0 saturated carbocycles. The van der Waals surface area contributed by atoms with Gasteiger partial charge in [-0.2, -0.15) is 5.26 Å². The first kappa shape index (κ1) is 16.5. The van der Waals surface area contributed by atoms with Gasteiger partial charge in [0.25, 0.3) is 0 Å². The molecule has 1 aliphatic rings. The van der Waals surface area contributed by atoms with Crippen molar-refractivity contribution in [2.24, 2.45) is 0 Å². The Morgan fingerprint density at radius 3 is 2.79 bits per heavy atom. The molecule has 0 spiro atoms. The van der Waals surface area contributed by atoms with Crippen LogP contribution in [0.15, 0.2) is 48.5 Å². The topological polar surface area (TPSA) is 65.3 Å². The maximum absolute atomic E-state index is 10.2. The Hall–Kier alpha value is -2.35. The number of fused-ring (bicyclic) bond motifs is 1. The molecule has 3 rings (SSSR count). The van der Waals surface area contributed by atoms with Crippen molar-refractivity contribution in [1.82, 2.24) is 5.32 Å². The van der Waals surface area contributed by atoms with Crippen LogP contribution in [-0.4, -0.2) is 24.4 Å². The van der Waals surface area contributed by atoms with Crippen molar-refractivity contribution in [2.45, 2.75) is 31.4 Å². The normalized spacial score (nSPS) is 17.6. The molecular weight excluding hydrogens is 300 g/mol. The third-order valence-electron chi connectivity index (χ3n) is 4.40. The van der Waals surface area contributed by atoms with E-state index in [1.165, 1.54) is 17.5 Å². The maximum Gasteiger partial charge on any atom is 0.119 e. The fourth-order valence-corrected chi connectivity index (χ4v) is 3.12. The second-order valence-electron chi connectivity index (χ2n) is 6.15. The summed E-state index contributed by atoms with van der Waals surface area (Å²) < 4.78 is 5.58. The third kappa shape index (κ3) is 4.14. The van der Waals surface area contributed by atoms with Gasteiger partial charge < -0.3 is 15.2 Å². The Morgan fingerprint density at radius 1 is 1.21 bits per heavy atom. The number of rotatable bonds is 6. The van der Waals surface area contributed by atoms with Crippen molar-refractivity contribution in [3.63, 3.8) is 0 Å². The molecule has 2 unspecified atom stereocenters. The van der Waals surface area contributed by atoms with E-state index in [0.717, 1.165) is 12.8 Å². The first-order valence-corrected chi connectivity index (χ1v) is 8.38. The van der Waals surface area contributed by atoms with Crippen LogP contribution in [0.4, 0.5) is 0 Å². The molecule has 2 aromatic carbocycles. The number of aryl methyl sites for hydroxylation is 1. The number of benzene rings is 2. The van der Waals surface area contributed by atoms with E-state index in [4.69, 9.17) is 10.00 Å². The molecule has 2 atom stereocenters. The molecule has 0 amide bonds. The molecule has 4 nitrogen and oxygen atoms in total. The number of hydrogen-bond donors (Lipinski definition) is 2. The standard InChI is InChI=1S/C20H22N2O2/c21-12-15-8-10-18(11-9-15)24-14-17(23)13-22-20-7-3-5-16-4-1-2-6-19(16)20/h1-2,4,6,8-11,17,20,22-23H,3,5,7,13-14H2. The summed E-state index contributed by atoms with van der Waals surface area (Å²) in [6.45, 7) is 0.725. The van der Waals surface area contributed by atoms with Crippen molar-refractivity contribution in [3.8, 4) is 11.8 Å². The van der Waals surface area contributed by atoms with Gasteiger partial charge in [-0.25, -0.2) is 0 Å². The molecular formula is C20H22N2O2. The molecule has 24 heavy (non-hydrogen) atoms. The average molecular weight is 322 g/mol. The smallest absolute Gasteiger partial charge is 0.119 e. The van der Waals surface area contributed by atoms with E-state index in [-0.39, 0.29) is 6.61 Å². The summed E-state index contributed by atoms with van der Waals surface area (Å²) in [6, 6.07) is 17.8. The Morgan fingerprint density at radius 2 is 2.00 bits per heavy atom. The maximum atomic E-state index is 10.2. The zero-order valence-corrected chi connectivity index (χ0v) is 13.6. The monoisotopic (exact) mass is 322 g/mol. The Labute approximate surface area is 142 Å². The Balaban J connectivity index is 1.47. The zero-order valence-electron chi connectivity index (χ0n) is 13.6. The molecule has 0 saturated heterocycles. The number of aliphatic hydroxyl groups is 1. The number of nitriles is 1. The van der Waals surface area contributed by atoms with Gasteiger partial charge in [-0.3, -0.25) is 0 Å². The highest BCUT2D eigenvalue weighted by molar-refractivity contribution is 5.34. The highest BCUT2D eigenvalue weighted by Gasteiger charge is 2.20. The largest absolute Gasteiger partial charge is 0.491 e. The summed E-state index contributed by atoms with van der Waals surface area (Å²) in [5, 5.41) is 22.4. The lowest BCUT2D eigenvalue weighted by atomic mass is 9.88. The molecule has 0 aromatic heterocycles. The SMILES string of the molecule is N#Cc1ccc(OCC(O)CNC2CCCc3ccccc32)cc1. The molecule has 2 aromatic rings. The fraction of sp³-hybridized carbons (Fsp3) is 0.350. The van der Waals surface area contributed by atoms with Crippen LogP contribution in [0.3, 0.4) is 0 Å². The summed E-state index contributed by atoms with van der Waals surface area (Å²) >= 11 is 0. The summed E-state index contributed by atoms with van der Waals surface area (Å²) in [4.78, 5) is 0. The number of ether oxygens (including phenoxy) is 1. The molecule has 0 radical (unpaired) electrons. The first-order chi connectivity index (χ1) is 11.8. The van der Waals surface area contributed by atoms with Gasteiger partial charge in [-0.1, -0.05) is 24.3 Å². The quantitative estimate of drug-likeness (QED) is 0.858. The third-order valence-corrected chi connectivity index (χ3v) is 4.40. The molecule has 0 aliphatic heterocycles. The number of nitrogens with zero attached hydrogens (tertiary/aromatic N) is 1. The number of hydrogen-bond acceptors (Lipinski definition) is 4. The molecule has 4 heteroatoms. The van der Waals surface area contributed by atoms with Crippen LogP contribution in [0.5, 0.6) is 5.75 Å². The molecule has 0 fully saturated rings. The summed E-state index contributed by atoms with van der Waals surface area (Å²) in [7, 11) is 0. The van der Waals surface area contributed by atoms with E-state index in [0.29, 0.717) is 23.9 Å². The van der Waals surface area contributed by atoms with Gasteiger partial charge in [-0.15, -0.1) is 0 Å². The zero-order chi connectivity index (χ0) is 16.8. The fourth-order valence-electron chi connectivity index (χ4n) is 3.12. The highest BCUT2D eigenvalue weighted by Crippen LogP contribution is 2.29. The van der Waals surface area contributed by atoms with Gasteiger partial charge in [-0.05, 0) is 54.7 Å². The van der Waals surface area contributed by atoms with Crippen LogP contribution in [0.1, 0.15) is 35.6 Å². The van der Waals surface area contributed by atoms with Crippen LogP contribution in [-0.2, 0) is 6.42 Å². The number of nitrogens with one attached hydrogen (secondary N) is 1. The summed E-state index contributed by atoms with van der Waals surface area (Å²) in [5.41, 5.74) is 3.36. The number of aliphatic hydroxyl groups excluding tert-OH is 1. The van der Waals surface area contributed by atoms with Crippen LogP contribution in [0.25, 0.3) is 0 Å². The van der Waals surface area contributed by atoms with Gasteiger partial charge in [0.1, 0.15) is 18.5 Å². The molecule has 2 N–H and O–H groups in total. The van der Waals surface area contributed by atoms with E-state index in [1.807, 2.05) is 0 Å². The van der Waals surface area contributed by atoms with Gasteiger partial charge >= 0.3 is 0 Å². The molecule has 124 valence electrons. The van der Waals surface area contributed by atoms with E-state index in [9.17, 15) is 5.11 Å². The second-order valence-corrected chi connectivity index (χ2v) is 6.15. The van der Waals surface area contributed by atoms with E-state index in [2.05, 4.69) is 35.7 Å². The van der Waals surface area contributed by atoms with Crippen LogP contribution < -0.4 is 10.1 Å². The van der Waals surface area contributed by atoms with Crippen molar-refractivity contribution in [1.29, 1.82) is 5.26 Å². The van der Waals surface area contributed by atoms with Crippen LogP contribution in [0.2, 0.25) is 0 Å². The highest BCUT2D eigenvalue weighted by atomic mass is 16.5. The van der Waals surface area contributed by atoms with Gasteiger partial charge in [0.2, 0.25) is 0 Å². The minimum atomic E-state index is -0.574. The van der Waals surface area contributed by atoms with Gasteiger partial charge in [0.15, 0.2) is 0 Å². The van der Waals surface area contributed by atoms with Crippen molar-refractivity contribution >= 4 is 0 Å². The Kier molecular flexibility index (Phi) is 5.47. The van der Waals surface area contributed by atoms with Gasteiger partial charge in [0.05, 0.1) is 11.6 Å². The molecule has 0 heterocycles. The predicted octanol–water partition coefficient (Wildman–Crippen LogP) is 2.97. The van der Waals surface area contributed by atoms with E-state index < -0.39 is 6.10 Å². The average Bonchev–Trinajstić information content (AvgIpc) is 2.65. The lowest BCUT2D eigenvalue weighted by Crippen LogP contribution is -2.35. The second kappa shape index (κ2) is 7.96. The Bertz CT molecular complexity index is 706. The van der Waals surface area contributed by atoms with Gasteiger partial charge in [0, 0.05) is 12.6 Å². The predicted molar refractivity (Wildman–Crippen MR) is 92.8 cm³/mol. The molecule has 1 aliphatic carbocycles. The first-order valence-electron chi connectivity index (χ1n) is 8.38. The van der Waals surface area contributed by atoms with Crippen molar-refractivity contribution < 1.29 is 9.84 Å². The molecule has 0 bridgehead atoms. The van der Waals surface area contributed by atoms with Crippen molar-refractivity contribution in [3.05, 3.63) is 65.2 Å². The van der Waals surface area contributed by atoms with E-state index >= 15 is 0 Å². The van der Waals surface area contributed by atoms with Crippen LogP contribution >= 0.6 is 0 Å². The lowest BCUT2D eigenvalue weighted by molar-refractivity contribution is 0.103. The van der Waals surface area contributed by atoms with E-state index in [1.54, 1.807) is 24.3 Å². The lowest BCUT2D eigenvalue weighted by Gasteiger charge is -2.27. The summed E-state index contributed by atoms with van der Waals surface area (Å²) in [5.74, 6) is 0.663. The minimum Gasteiger partial charge on any atom is -0.491 e. The summed E-state index contributed by atoms with van der Waals surface area (Å²) in [6.07, 6.45) is 2.83.